The molecule has 0 spiro atoms. The van der Waals surface area contributed by atoms with Gasteiger partial charge in [-0.3, -0.25) is 4.79 Å². The molecule has 3 N–H and O–H groups in total. The van der Waals surface area contributed by atoms with Crippen molar-refractivity contribution in [1.82, 2.24) is 5.32 Å². The maximum absolute atomic E-state index is 13.2. The second-order valence-electron chi connectivity index (χ2n) is 3.16. The fraction of sp³-hybridized carbons (Fsp3) is 0.300. The third-order valence-electron chi connectivity index (χ3n) is 1.99. The van der Waals surface area contributed by atoms with Gasteiger partial charge in [-0.25, -0.2) is 8.78 Å². The normalized spacial score (nSPS) is 12.3. The summed E-state index contributed by atoms with van der Waals surface area (Å²) in [6.07, 6.45) is 0. The number of carbonyl (C=O) groups excluding carboxylic acids is 1. The van der Waals surface area contributed by atoms with Crippen LogP contribution in [0.2, 0.25) is 0 Å². The highest BCUT2D eigenvalue weighted by Gasteiger charge is 2.13. The van der Waals surface area contributed by atoms with E-state index in [0.29, 0.717) is 0 Å². The molecule has 1 aromatic carbocycles. The highest BCUT2D eigenvalue weighted by molar-refractivity contribution is 5.78. The van der Waals surface area contributed by atoms with E-state index in [1.807, 2.05) is 0 Å². The Morgan fingerprint density at radius 2 is 2.20 bits per heavy atom. The van der Waals surface area contributed by atoms with Crippen LogP contribution in [-0.4, -0.2) is 12.5 Å². The van der Waals surface area contributed by atoms with Gasteiger partial charge in [0.05, 0.1) is 12.6 Å². The van der Waals surface area contributed by atoms with Crippen molar-refractivity contribution in [3.8, 4) is 0 Å². The molecule has 5 heteroatoms. The number of halogens is 2. The third-order valence-corrected chi connectivity index (χ3v) is 1.99. The van der Waals surface area contributed by atoms with Gasteiger partial charge in [0.1, 0.15) is 11.6 Å². The molecule has 0 radical (unpaired) electrons. The van der Waals surface area contributed by atoms with Crippen molar-refractivity contribution in [1.29, 1.82) is 0 Å². The van der Waals surface area contributed by atoms with Gasteiger partial charge in [-0.15, -0.1) is 0 Å². The molecule has 1 aromatic rings. The Balaban J connectivity index is 2.82. The number of hydrogen-bond donors (Lipinski definition) is 2. The number of benzene rings is 1. The van der Waals surface area contributed by atoms with Crippen molar-refractivity contribution in [2.75, 3.05) is 6.54 Å². The summed E-state index contributed by atoms with van der Waals surface area (Å²) in [4.78, 5) is 10.9. The maximum atomic E-state index is 13.2. The molecule has 0 bridgehead atoms. The highest BCUT2D eigenvalue weighted by atomic mass is 19.1. The van der Waals surface area contributed by atoms with E-state index in [9.17, 15) is 13.6 Å². The van der Waals surface area contributed by atoms with E-state index in [1.165, 1.54) is 6.07 Å². The van der Waals surface area contributed by atoms with Gasteiger partial charge in [0.2, 0.25) is 5.91 Å². The Labute approximate surface area is 86.3 Å². The molecule has 1 atom stereocenters. The zero-order chi connectivity index (χ0) is 11.4. The summed E-state index contributed by atoms with van der Waals surface area (Å²) in [7, 11) is 0. The van der Waals surface area contributed by atoms with Gasteiger partial charge < -0.3 is 11.1 Å². The van der Waals surface area contributed by atoms with Crippen molar-refractivity contribution in [2.45, 2.75) is 13.0 Å². The molecule has 0 fully saturated rings. The standard InChI is InChI=1S/C10H12F2N2O/c1-6(14-10(15)5-13)8-3-2-7(11)4-9(8)12/h2-4,6H,5,13H2,1H3,(H,14,15)/t6-/m1/s1. The molecule has 0 aliphatic carbocycles. The molecule has 0 aliphatic rings. The van der Waals surface area contributed by atoms with E-state index in [-0.39, 0.29) is 18.0 Å². The minimum Gasteiger partial charge on any atom is -0.348 e. The molecule has 82 valence electrons. The van der Waals surface area contributed by atoms with Gasteiger partial charge in [-0.1, -0.05) is 6.07 Å². The monoisotopic (exact) mass is 214 g/mol. The van der Waals surface area contributed by atoms with Crippen LogP contribution >= 0.6 is 0 Å². The quantitative estimate of drug-likeness (QED) is 0.791. The number of rotatable bonds is 3. The summed E-state index contributed by atoms with van der Waals surface area (Å²) in [5.74, 6) is -1.71. The van der Waals surface area contributed by atoms with Crippen LogP contribution in [0.3, 0.4) is 0 Å². The smallest absolute Gasteiger partial charge is 0.234 e. The van der Waals surface area contributed by atoms with Crippen LogP contribution in [0.15, 0.2) is 18.2 Å². The summed E-state index contributed by atoms with van der Waals surface area (Å²) in [5.41, 5.74) is 5.33. The Morgan fingerprint density at radius 1 is 1.53 bits per heavy atom. The predicted molar refractivity (Wildman–Crippen MR) is 52.0 cm³/mol. The van der Waals surface area contributed by atoms with Gasteiger partial charge in [-0.05, 0) is 13.0 Å². The van der Waals surface area contributed by atoms with Crippen molar-refractivity contribution < 1.29 is 13.6 Å². The zero-order valence-electron chi connectivity index (χ0n) is 8.26. The number of amides is 1. The minimum absolute atomic E-state index is 0.160. The lowest BCUT2D eigenvalue weighted by atomic mass is 10.1. The molecule has 0 saturated carbocycles. The summed E-state index contributed by atoms with van der Waals surface area (Å²) in [5, 5.41) is 2.48. The SMILES string of the molecule is C[C@@H](NC(=O)CN)c1ccc(F)cc1F. The van der Waals surface area contributed by atoms with Gasteiger partial charge in [0.15, 0.2) is 0 Å². The summed E-state index contributed by atoms with van der Waals surface area (Å²) >= 11 is 0. The fourth-order valence-electron chi connectivity index (χ4n) is 1.23. The first-order valence-electron chi connectivity index (χ1n) is 4.49. The number of hydrogen-bond acceptors (Lipinski definition) is 2. The molecular weight excluding hydrogens is 202 g/mol. The molecule has 0 saturated heterocycles. The molecule has 1 rings (SSSR count). The molecule has 0 aliphatic heterocycles. The van der Waals surface area contributed by atoms with E-state index in [1.54, 1.807) is 6.92 Å². The van der Waals surface area contributed by atoms with E-state index in [0.717, 1.165) is 12.1 Å². The molecular formula is C10H12F2N2O. The van der Waals surface area contributed by atoms with Crippen LogP contribution < -0.4 is 11.1 Å². The Bertz CT molecular complexity index is 368. The topological polar surface area (TPSA) is 55.1 Å². The van der Waals surface area contributed by atoms with Gasteiger partial charge in [0.25, 0.3) is 0 Å². The Kier molecular flexibility index (Phi) is 3.74. The second-order valence-corrected chi connectivity index (χ2v) is 3.16. The summed E-state index contributed by atoms with van der Waals surface area (Å²) in [6.45, 7) is 1.44. The van der Waals surface area contributed by atoms with Crippen molar-refractivity contribution in [3.05, 3.63) is 35.4 Å². The van der Waals surface area contributed by atoms with E-state index in [2.05, 4.69) is 5.32 Å². The van der Waals surface area contributed by atoms with E-state index in [4.69, 9.17) is 5.73 Å². The van der Waals surface area contributed by atoms with Gasteiger partial charge >= 0.3 is 0 Å². The first-order valence-corrected chi connectivity index (χ1v) is 4.49. The largest absolute Gasteiger partial charge is 0.348 e. The van der Waals surface area contributed by atoms with Crippen LogP contribution in [-0.2, 0) is 4.79 Å². The summed E-state index contributed by atoms with van der Waals surface area (Å²) in [6, 6.07) is 2.69. The average Bonchev–Trinajstić information content (AvgIpc) is 2.17. The summed E-state index contributed by atoms with van der Waals surface area (Å²) < 4.78 is 25.8. The third kappa shape index (κ3) is 2.99. The molecule has 3 nitrogen and oxygen atoms in total. The first-order chi connectivity index (χ1) is 7.04. The van der Waals surface area contributed by atoms with Crippen molar-refractivity contribution >= 4 is 5.91 Å². The number of carbonyl (C=O) groups is 1. The molecule has 0 unspecified atom stereocenters. The van der Waals surface area contributed by atoms with Crippen LogP contribution in [0, 0.1) is 11.6 Å². The molecule has 15 heavy (non-hydrogen) atoms. The Morgan fingerprint density at radius 3 is 2.73 bits per heavy atom. The van der Waals surface area contributed by atoms with Crippen LogP contribution in [0.25, 0.3) is 0 Å². The van der Waals surface area contributed by atoms with Crippen LogP contribution in [0.4, 0.5) is 8.78 Å². The van der Waals surface area contributed by atoms with Crippen LogP contribution in [0.1, 0.15) is 18.5 Å². The molecule has 0 heterocycles. The molecule has 0 aromatic heterocycles. The Hall–Kier alpha value is -1.49. The van der Waals surface area contributed by atoms with Crippen LogP contribution in [0.5, 0.6) is 0 Å². The lowest BCUT2D eigenvalue weighted by Crippen LogP contribution is -2.32. The highest BCUT2D eigenvalue weighted by Crippen LogP contribution is 2.17. The van der Waals surface area contributed by atoms with Gasteiger partial charge in [-0.2, -0.15) is 0 Å². The number of nitrogens with two attached hydrogens (primary N) is 1. The first kappa shape index (κ1) is 11.6. The maximum Gasteiger partial charge on any atom is 0.234 e. The minimum atomic E-state index is -0.681. The second kappa shape index (κ2) is 4.84. The van der Waals surface area contributed by atoms with Crippen molar-refractivity contribution in [3.63, 3.8) is 0 Å². The lowest BCUT2D eigenvalue weighted by molar-refractivity contribution is -0.120. The van der Waals surface area contributed by atoms with Crippen molar-refractivity contribution in [2.24, 2.45) is 5.73 Å². The van der Waals surface area contributed by atoms with E-state index >= 15 is 0 Å². The zero-order valence-corrected chi connectivity index (χ0v) is 8.26. The number of nitrogens with one attached hydrogen (secondary N) is 1. The fourth-order valence-corrected chi connectivity index (χ4v) is 1.23. The molecule has 1 amide bonds. The van der Waals surface area contributed by atoms with E-state index < -0.39 is 17.7 Å². The average molecular weight is 214 g/mol. The lowest BCUT2D eigenvalue weighted by Gasteiger charge is -2.14. The predicted octanol–water partition coefficient (Wildman–Crippen LogP) is 1.10. The van der Waals surface area contributed by atoms with Gasteiger partial charge in [0, 0.05) is 11.6 Å².